The highest BCUT2D eigenvalue weighted by Gasteiger charge is 2.04. The van der Waals surface area contributed by atoms with Gasteiger partial charge in [0.05, 0.1) is 10.7 Å². The van der Waals surface area contributed by atoms with Crippen molar-refractivity contribution >= 4 is 34.2 Å². The van der Waals surface area contributed by atoms with E-state index in [1.54, 1.807) is 7.11 Å². The normalized spacial score (nSPS) is 9.82. The smallest absolute Gasteiger partial charge is 0.132 e. The van der Waals surface area contributed by atoms with Gasteiger partial charge in [0, 0.05) is 5.02 Å². The molecule has 0 aromatic heterocycles. The van der Waals surface area contributed by atoms with Crippen molar-refractivity contribution in [3.05, 3.63) is 26.3 Å². The molecular formula is C8H8ClIO. The molecule has 0 unspecified atom stereocenters. The van der Waals surface area contributed by atoms with Gasteiger partial charge in [0.25, 0.3) is 0 Å². The summed E-state index contributed by atoms with van der Waals surface area (Å²) in [5.41, 5.74) is 1.08. The second-order valence-electron chi connectivity index (χ2n) is 2.19. The summed E-state index contributed by atoms with van der Waals surface area (Å²) in [5.74, 6) is 0.882. The minimum atomic E-state index is 0.787. The Kier molecular flexibility index (Phi) is 3.01. The first-order valence-corrected chi connectivity index (χ1v) is 4.61. The maximum absolute atomic E-state index is 5.88. The van der Waals surface area contributed by atoms with Crippen LogP contribution in [-0.2, 0) is 0 Å². The Balaban J connectivity index is 3.25. The summed E-state index contributed by atoms with van der Waals surface area (Å²) in [6, 6.07) is 3.72. The van der Waals surface area contributed by atoms with Crippen LogP contribution < -0.4 is 4.74 Å². The molecule has 3 heteroatoms. The van der Waals surface area contributed by atoms with Gasteiger partial charge in [-0.15, -0.1) is 0 Å². The lowest BCUT2D eigenvalue weighted by Crippen LogP contribution is -1.89. The number of benzene rings is 1. The molecule has 0 spiro atoms. The van der Waals surface area contributed by atoms with E-state index in [1.807, 2.05) is 19.1 Å². The lowest BCUT2D eigenvalue weighted by Gasteiger charge is -2.06. The molecule has 0 N–H and O–H groups in total. The van der Waals surface area contributed by atoms with Crippen LogP contribution in [0, 0.1) is 10.5 Å². The molecule has 1 aromatic carbocycles. The van der Waals surface area contributed by atoms with E-state index in [0.29, 0.717) is 0 Å². The Hall–Kier alpha value is 0.0400. The summed E-state index contributed by atoms with van der Waals surface area (Å²) in [4.78, 5) is 0. The number of hydrogen-bond donors (Lipinski definition) is 0. The van der Waals surface area contributed by atoms with Crippen LogP contribution in [0.2, 0.25) is 5.02 Å². The van der Waals surface area contributed by atoms with E-state index in [1.165, 1.54) is 0 Å². The molecule has 0 saturated heterocycles. The zero-order valence-electron chi connectivity index (χ0n) is 6.32. The molecule has 0 amide bonds. The Morgan fingerprint density at radius 1 is 1.45 bits per heavy atom. The first kappa shape index (κ1) is 9.13. The molecule has 60 valence electrons. The molecule has 0 saturated carbocycles. The topological polar surface area (TPSA) is 9.23 Å². The predicted molar refractivity (Wildman–Crippen MR) is 55.5 cm³/mol. The standard InChI is InChI=1S/C8H8ClIO/c1-5-6(9)3-4-7(11-2)8(5)10/h3-4H,1-2H3. The average Bonchev–Trinajstić information content (AvgIpc) is 2.01. The second-order valence-corrected chi connectivity index (χ2v) is 3.67. The van der Waals surface area contributed by atoms with E-state index in [0.717, 1.165) is 19.9 Å². The molecule has 0 fully saturated rings. The van der Waals surface area contributed by atoms with Gasteiger partial charge in [0.2, 0.25) is 0 Å². The summed E-state index contributed by atoms with van der Waals surface area (Å²) in [5, 5.41) is 0.787. The minimum Gasteiger partial charge on any atom is -0.496 e. The van der Waals surface area contributed by atoms with E-state index < -0.39 is 0 Å². The Labute approximate surface area is 84.8 Å². The summed E-state index contributed by atoms with van der Waals surface area (Å²) in [7, 11) is 1.66. The largest absolute Gasteiger partial charge is 0.496 e. The van der Waals surface area contributed by atoms with Crippen LogP contribution in [0.25, 0.3) is 0 Å². The summed E-state index contributed by atoms with van der Waals surface area (Å²) in [6.45, 7) is 1.98. The first-order valence-electron chi connectivity index (χ1n) is 3.15. The number of halogens is 2. The molecule has 0 heterocycles. The Morgan fingerprint density at radius 2 is 2.09 bits per heavy atom. The van der Waals surface area contributed by atoms with Crippen molar-refractivity contribution in [3.8, 4) is 5.75 Å². The second kappa shape index (κ2) is 3.63. The SMILES string of the molecule is COc1ccc(Cl)c(C)c1I. The number of ether oxygens (including phenoxy) is 1. The zero-order chi connectivity index (χ0) is 8.43. The number of hydrogen-bond acceptors (Lipinski definition) is 1. The van der Waals surface area contributed by atoms with Gasteiger partial charge in [-0.25, -0.2) is 0 Å². The van der Waals surface area contributed by atoms with Crippen LogP contribution in [0.1, 0.15) is 5.56 Å². The number of methoxy groups -OCH3 is 1. The van der Waals surface area contributed by atoms with Crippen molar-refractivity contribution in [3.63, 3.8) is 0 Å². The minimum absolute atomic E-state index is 0.787. The molecule has 11 heavy (non-hydrogen) atoms. The fourth-order valence-electron chi connectivity index (χ4n) is 0.794. The average molecular weight is 283 g/mol. The molecule has 0 atom stereocenters. The van der Waals surface area contributed by atoms with Crippen LogP contribution in [-0.4, -0.2) is 7.11 Å². The van der Waals surface area contributed by atoms with Crippen molar-refractivity contribution in [2.75, 3.05) is 7.11 Å². The van der Waals surface area contributed by atoms with Crippen LogP contribution in [0.3, 0.4) is 0 Å². The van der Waals surface area contributed by atoms with Gasteiger partial charge in [-0.2, -0.15) is 0 Å². The Morgan fingerprint density at radius 3 is 2.64 bits per heavy atom. The fraction of sp³-hybridized carbons (Fsp3) is 0.250. The van der Waals surface area contributed by atoms with Crippen LogP contribution >= 0.6 is 34.2 Å². The fourth-order valence-corrected chi connectivity index (χ4v) is 1.80. The van der Waals surface area contributed by atoms with Gasteiger partial charge in [-0.05, 0) is 47.2 Å². The van der Waals surface area contributed by atoms with Crippen molar-refractivity contribution in [1.82, 2.24) is 0 Å². The predicted octanol–water partition coefficient (Wildman–Crippen LogP) is 3.26. The summed E-state index contributed by atoms with van der Waals surface area (Å²) in [6.07, 6.45) is 0. The molecule has 1 nitrogen and oxygen atoms in total. The van der Waals surface area contributed by atoms with Gasteiger partial charge < -0.3 is 4.74 Å². The lowest BCUT2D eigenvalue weighted by atomic mass is 10.2. The maximum Gasteiger partial charge on any atom is 0.132 e. The van der Waals surface area contributed by atoms with Gasteiger partial charge in [0.1, 0.15) is 5.75 Å². The van der Waals surface area contributed by atoms with Crippen LogP contribution in [0.5, 0.6) is 5.75 Å². The molecule has 0 aliphatic heterocycles. The monoisotopic (exact) mass is 282 g/mol. The van der Waals surface area contributed by atoms with Crippen molar-refractivity contribution in [2.45, 2.75) is 6.92 Å². The molecule has 0 bridgehead atoms. The highest BCUT2D eigenvalue weighted by atomic mass is 127. The van der Waals surface area contributed by atoms with Crippen LogP contribution in [0.4, 0.5) is 0 Å². The quantitative estimate of drug-likeness (QED) is 0.718. The first-order chi connectivity index (χ1) is 5.16. The maximum atomic E-state index is 5.88. The van der Waals surface area contributed by atoms with Gasteiger partial charge in [-0.1, -0.05) is 11.6 Å². The lowest BCUT2D eigenvalue weighted by molar-refractivity contribution is 0.411. The molecule has 0 aliphatic carbocycles. The molecular weight excluding hydrogens is 274 g/mol. The third-order valence-electron chi connectivity index (χ3n) is 1.50. The Bertz CT molecular complexity index is 273. The molecule has 1 rings (SSSR count). The van der Waals surface area contributed by atoms with Crippen molar-refractivity contribution < 1.29 is 4.74 Å². The van der Waals surface area contributed by atoms with E-state index in [-0.39, 0.29) is 0 Å². The van der Waals surface area contributed by atoms with E-state index in [2.05, 4.69) is 22.6 Å². The molecule has 0 radical (unpaired) electrons. The van der Waals surface area contributed by atoms with E-state index in [4.69, 9.17) is 16.3 Å². The zero-order valence-corrected chi connectivity index (χ0v) is 9.23. The van der Waals surface area contributed by atoms with Gasteiger partial charge in [0.15, 0.2) is 0 Å². The summed E-state index contributed by atoms with van der Waals surface area (Å²) >= 11 is 8.10. The van der Waals surface area contributed by atoms with Crippen LogP contribution in [0.15, 0.2) is 12.1 Å². The van der Waals surface area contributed by atoms with Gasteiger partial charge >= 0.3 is 0 Å². The molecule has 1 aromatic rings. The highest BCUT2D eigenvalue weighted by molar-refractivity contribution is 14.1. The third kappa shape index (κ3) is 1.79. The highest BCUT2D eigenvalue weighted by Crippen LogP contribution is 2.28. The van der Waals surface area contributed by atoms with Crippen molar-refractivity contribution in [2.24, 2.45) is 0 Å². The number of rotatable bonds is 1. The third-order valence-corrected chi connectivity index (χ3v) is 3.25. The summed E-state index contributed by atoms with van der Waals surface area (Å²) < 4.78 is 6.20. The molecule has 0 aliphatic rings. The van der Waals surface area contributed by atoms with Gasteiger partial charge in [-0.3, -0.25) is 0 Å². The van der Waals surface area contributed by atoms with E-state index >= 15 is 0 Å². The van der Waals surface area contributed by atoms with Crippen molar-refractivity contribution in [1.29, 1.82) is 0 Å². The van der Waals surface area contributed by atoms with E-state index in [9.17, 15) is 0 Å².